The van der Waals surface area contributed by atoms with Crippen molar-refractivity contribution in [3.63, 3.8) is 0 Å². The Morgan fingerprint density at radius 2 is 1.47 bits per heavy atom. The van der Waals surface area contributed by atoms with E-state index in [9.17, 15) is 0 Å². The van der Waals surface area contributed by atoms with Crippen LogP contribution in [0.15, 0.2) is 30.8 Å². The molecule has 0 atom stereocenters. The molecule has 0 saturated heterocycles. The van der Waals surface area contributed by atoms with Gasteiger partial charge in [0.1, 0.15) is 0 Å². The van der Waals surface area contributed by atoms with Gasteiger partial charge < -0.3 is 0 Å². The summed E-state index contributed by atoms with van der Waals surface area (Å²) in [6.07, 6.45) is 4.61. The van der Waals surface area contributed by atoms with Crippen molar-refractivity contribution in [1.29, 1.82) is 0 Å². The zero-order valence-corrected chi connectivity index (χ0v) is 12.5. The minimum Gasteiger partial charge on any atom is -0.0985 e. The zero-order chi connectivity index (χ0) is 12.8. The minimum atomic E-state index is 0.0136. The number of benzene rings is 1. The fourth-order valence-corrected chi connectivity index (χ4v) is 4.89. The van der Waals surface area contributed by atoms with Gasteiger partial charge in [-0.25, -0.2) is 0 Å². The van der Waals surface area contributed by atoms with E-state index >= 15 is 0 Å². The highest BCUT2D eigenvalue weighted by Crippen LogP contribution is 2.38. The molecule has 0 aliphatic rings. The van der Waals surface area contributed by atoms with Gasteiger partial charge in [-0.15, -0.1) is 0 Å². The molecule has 1 aromatic carbocycles. The van der Waals surface area contributed by atoms with Gasteiger partial charge in [-0.1, -0.05) is 72.5 Å². The maximum atomic E-state index is 3.81. The molecule has 94 valence electrons. The predicted octanol–water partition coefficient (Wildman–Crippen LogP) is 4.75. The second-order valence-corrected chi connectivity index (χ2v) is 7.81. The fraction of sp³-hybridized carbons (Fsp3) is 0.500. The lowest BCUT2D eigenvalue weighted by atomic mass is 10.2. The summed E-state index contributed by atoms with van der Waals surface area (Å²) in [4.78, 5) is 0. The molecule has 0 radical (unpaired) electrons. The van der Waals surface area contributed by atoms with Crippen molar-refractivity contribution in [3.05, 3.63) is 36.4 Å². The largest absolute Gasteiger partial charge is 0.0985 e. The Morgan fingerprint density at radius 1 is 1.00 bits per heavy atom. The Hall–Kier alpha value is -0.610. The van der Waals surface area contributed by atoms with E-state index in [1.807, 2.05) is 6.08 Å². The monoisotopic (exact) mass is 248 g/mol. The Morgan fingerprint density at radius 3 is 1.82 bits per heavy atom. The predicted molar refractivity (Wildman–Crippen MR) is 82.5 cm³/mol. The quantitative estimate of drug-likeness (QED) is 0.637. The molecule has 0 saturated carbocycles. The molecule has 0 heterocycles. The van der Waals surface area contributed by atoms with Crippen LogP contribution in [-0.4, -0.2) is 12.3 Å². The Labute approximate surface area is 108 Å². The van der Waals surface area contributed by atoms with Crippen LogP contribution in [0.1, 0.15) is 33.3 Å². The number of hydrogen-bond acceptors (Lipinski definition) is 0. The van der Waals surface area contributed by atoms with Gasteiger partial charge in [0.05, 0.1) is 0 Å². The Kier molecular flexibility index (Phi) is 5.92. The lowest BCUT2D eigenvalue weighted by Crippen LogP contribution is -2.12. The molecule has 0 bridgehead atoms. The van der Waals surface area contributed by atoms with E-state index in [1.165, 1.54) is 17.9 Å². The van der Waals surface area contributed by atoms with Gasteiger partial charge in [0.2, 0.25) is 0 Å². The number of hydrogen-bond donors (Lipinski definition) is 0. The first-order valence-corrected chi connectivity index (χ1v) is 8.21. The Balaban J connectivity index is 2.83. The van der Waals surface area contributed by atoms with Crippen LogP contribution in [0.5, 0.6) is 0 Å². The fourth-order valence-electron chi connectivity index (χ4n) is 1.99. The van der Waals surface area contributed by atoms with E-state index in [2.05, 4.69) is 58.5 Å². The second kappa shape index (κ2) is 6.97. The summed E-state index contributed by atoms with van der Waals surface area (Å²) in [5, 5.41) is 1.55. The first-order chi connectivity index (χ1) is 8.02. The summed E-state index contributed by atoms with van der Waals surface area (Å²) in [7, 11) is 0.0136. The maximum Gasteiger partial charge on any atom is -0.0240 e. The van der Waals surface area contributed by atoms with Gasteiger partial charge >= 0.3 is 0 Å². The third kappa shape index (κ3) is 5.04. The highest BCUT2D eigenvalue weighted by Gasteiger charge is 2.14. The molecule has 0 aliphatic heterocycles. The molecule has 0 spiro atoms. The van der Waals surface area contributed by atoms with Crippen molar-refractivity contribution in [2.75, 3.05) is 12.3 Å². The van der Waals surface area contributed by atoms with E-state index in [0.717, 1.165) is 11.8 Å². The van der Waals surface area contributed by atoms with Gasteiger partial charge in [0.25, 0.3) is 0 Å². The van der Waals surface area contributed by atoms with Crippen LogP contribution in [0.2, 0.25) is 0 Å². The first kappa shape index (κ1) is 14.5. The molecule has 0 fully saturated rings. The molecule has 0 amide bonds. The van der Waals surface area contributed by atoms with E-state index < -0.39 is 0 Å². The molecule has 0 N–H and O–H groups in total. The van der Waals surface area contributed by atoms with Crippen molar-refractivity contribution in [3.8, 4) is 0 Å². The van der Waals surface area contributed by atoms with Crippen LogP contribution >= 0.6 is 7.92 Å². The normalized spacial score (nSPS) is 11.5. The van der Waals surface area contributed by atoms with Gasteiger partial charge in [-0.3, -0.25) is 0 Å². The molecule has 0 nitrogen and oxygen atoms in total. The molecule has 17 heavy (non-hydrogen) atoms. The molecule has 1 rings (SSSR count). The van der Waals surface area contributed by atoms with Gasteiger partial charge in [0.15, 0.2) is 0 Å². The molecular formula is C16H25P. The highest BCUT2D eigenvalue weighted by atomic mass is 31.1. The number of rotatable bonds is 6. The van der Waals surface area contributed by atoms with Crippen molar-refractivity contribution >= 4 is 19.3 Å². The standard InChI is InChI=1S/C16H25P/c1-6-15-7-9-16(10-8-15)17(11-13(2)3)12-14(4)5/h6-10,13-14H,1,11-12H2,2-5H3. The van der Waals surface area contributed by atoms with Gasteiger partial charge in [-0.2, -0.15) is 0 Å². The van der Waals surface area contributed by atoms with Crippen molar-refractivity contribution < 1.29 is 0 Å². The Bertz CT molecular complexity index is 325. The van der Waals surface area contributed by atoms with Crippen LogP contribution in [0.25, 0.3) is 6.08 Å². The third-order valence-corrected chi connectivity index (χ3v) is 6.04. The maximum absolute atomic E-state index is 3.81. The van der Waals surface area contributed by atoms with Gasteiger partial charge in [0, 0.05) is 0 Å². The molecule has 0 aromatic heterocycles. The molecule has 1 heteroatoms. The van der Waals surface area contributed by atoms with Crippen LogP contribution in [-0.2, 0) is 0 Å². The third-order valence-electron chi connectivity index (χ3n) is 2.67. The topological polar surface area (TPSA) is 0 Å². The van der Waals surface area contributed by atoms with E-state index in [-0.39, 0.29) is 7.92 Å². The summed E-state index contributed by atoms with van der Waals surface area (Å²) < 4.78 is 0. The average molecular weight is 248 g/mol. The minimum absolute atomic E-state index is 0.0136. The summed E-state index contributed by atoms with van der Waals surface area (Å²) in [5.41, 5.74) is 1.22. The van der Waals surface area contributed by atoms with Crippen LogP contribution in [0, 0.1) is 11.8 Å². The lowest BCUT2D eigenvalue weighted by Gasteiger charge is -2.22. The second-order valence-electron chi connectivity index (χ2n) is 5.49. The van der Waals surface area contributed by atoms with Crippen molar-refractivity contribution in [1.82, 2.24) is 0 Å². The zero-order valence-electron chi connectivity index (χ0n) is 11.6. The lowest BCUT2D eigenvalue weighted by molar-refractivity contribution is 0.721. The summed E-state index contributed by atoms with van der Waals surface area (Å²) in [6, 6.07) is 8.98. The van der Waals surface area contributed by atoms with Crippen molar-refractivity contribution in [2.24, 2.45) is 11.8 Å². The van der Waals surface area contributed by atoms with E-state index in [1.54, 1.807) is 5.30 Å². The van der Waals surface area contributed by atoms with Gasteiger partial charge in [-0.05, 0) is 35.0 Å². The molecule has 0 unspecified atom stereocenters. The molecular weight excluding hydrogens is 223 g/mol. The average Bonchev–Trinajstić information content (AvgIpc) is 2.27. The highest BCUT2D eigenvalue weighted by molar-refractivity contribution is 7.65. The van der Waals surface area contributed by atoms with Crippen LogP contribution < -0.4 is 5.30 Å². The summed E-state index contributed by atoms with van der Waals surface area (Å²) >= 11 is 0. The smallest absolute Gasteiger partial charge is 0.0240 e. The SMILES string of the molecule is C=Cc1ccc(P(CC(C)C)CC(C)C)cc1. The van der Waals surface area contributed by atoms with Crippen LogP contribution in [0.4, 0.5) is 0 Å². The molecule has 1 aromatic rings. The summed E-state index contributed by atoms with van der Waals surface area (Å²) in [5.74, 6) is 1.58. The van der Waals surface area contributed by atoms with Crippen molar-refractivity contribution in [2.45, 2.75) is 27.7 Å². The van der Waals surface area contributed by atoms with Crippen LogP contribution in [0.3, 0.4) is 0 Å². The molecule has 0 aliphatic carbocycles. The first-order valence-electron chi connectivity index (χ1n) is 6.50. The van der Waals surface area contributed by atoms with E-state index in [0.29, 0.717) is 0 Å². The summed E-state index contributed by atoms with van der Waals surface area (Å²) in [6.45, 7) is 13.1. The van der Waals surface area contributed by atoms with E-state index in [4.69, 9.17) is 0 Å².